The predicted molar refractivity (Wildman–Crippen MR) is 205 cm³/mol. The second-order valence-corrected chi connectivity index (χ2v) is 16.8. The van der Waals surface area contributed by atoms with Crippen molar-refractivity contribution in [2.24, 2.45) is 40.9 Å². The molecule has 0 heteroatoms. The van der Waals surface area contributed by atoms with Crippen LogP contribution in [0.1, 0.15) is 57.6 Å². The van der Waals surface area contributed by atoms with E-state index in [1.807, 2.05) is 0 Å². The molecule has 1 fully saturated rings. The summed E-state index contributed by atoms with van der Waals surface area (Å²) >= 11 is 0. The van der Waals surface area contributed by atoms with E-state index in [-0.39, 0.29) is 10.8 Å². The molecule has 0 spiro atoms. The number of hydrogen-bond donors (Lipinski definition) is 0. The van der Waals surface area contributed by atoms with Gasteiger partial charge in [-0.1, -0.05) is 167 Å². The molecule has 7 atom stereocenters. The summed E-state index contributed by atoms with van der Waals surface area (Å²) in [5.74, 6) is 4.29. The molecule has 0 aromatic heterocycles. The van der Waals surface area contributed by atoms with E-state index in [9.17, 15) is 0 Å². The van der Waals surface area contributed by atoms with Crippen molar-refractivity contribution >= 4 is 0 Å². The lowest BCUT2D eigenvalue weighted by Gasteiger charge is -2.34. The maximum atomic E-state index is 2.74. The molecule has 0 nitrogen and oxygen atoms in total. The third-order valence-corrected chi connectivity index (χ3v) is 13.8. The minimum absolute atomic E-state index is 0.0991. The van der Waals surface area contributed by atoms with Gasteiger partial charge in [-0.3, -0.25) is 0 Å². The molecular formula is C49H46. The molecular weight excluding hydrogens is 589 g/mol. The summed E-state index contributed by atoms with van der Waals surface area (Å²) < 4.78 is 0. The molecule has 0 N–H and O–H groups in total. The normalized spacial score (nSPS) is 30.6. The van der Waals surface area contributed by atoms with Gasteiger partial charge in [0, 0.05) is 11.8 Å². The third kappa shape index (κ3) is 4.29. The average molecular weight is 635 g/mol. The monoisotopic (exact) mass is 634 g/mol. The van der Waals surface area contributed by atoms with E-state index in [1.54, 1.807) is 27.8 Å². The van der Waals surface area contributed by atoms with Crippen molar-refractivity contribution in [3.8, 4) is 33.4 Å². The first-order chi connectivity index (χ1) is 23.8. The summed E-state index contributed by atoms with van der Waals surface area (Å²) in [7, 11) is 0. The van der Waals surface area contributed by atoms with Gasteiger partial charge in [-0.15, -0.1) is 0 Å². The molecule has 0 heterocycles. The van der Waals surface area contributed by atoms with Gasteiger partial charge in [0.1, 0.15) is 0 Å². The van der Waals surface area contributed by atoms with E-state index in [1.165, 1.54) is 46.2 Å². The Kier molecular flexibility index (Phi) is 6.34. The number of fused-ring (bicyclic) bond motifs is 7. The number of benzene rings is 4. The summed E-state index contributed by atoms with van der Waals surface area (Å²) in [5.41, 5.74) is 16.1. The first-order valence-electron chi connectivity index (χ1n) is 18.7. The fraction of sp³-hybridized carbons (Fsp3) is 0.306. The summed E-state index contributed by atoms with van der Waals surface area (Å²) in [6, 6.07) is 36.2. The smallest absolute Gasteiger partial charge is 0.00921 e. The zero-order valence-electron chi connectivity index (χ0n) is 29.2. The van der Waals surface area contributed by atoms with E-state index in [2.05, 4.69) is 167 Å². The van der Waals surface area contributed by atoms with Gasteiger partial charge < -0.3 is 0 Å². The molecule has 0 saturated heterocycles. The Balaban J connectivity index is 1.01. The van der Waals surface area contributed by atoms with Crippen molar-refractivity contribution in [2.45, 2.75) is 51.9 Å². The van der Waals surface area contributed by atoms with E-state index < -0.39 is 0 Å². The Labute approximate surface area is 292 Å². The van der Waals surface area contributed by atoms with Crippen molar-refractivity contribution in [1.82, 2.24) is 0 Å². The molecule has 6 aliphatic rings. The summed E-state index contributed by atoms with van der Waals surface area (Å²) in [6.07, 6.45) is 20.4. The van der Waals surface area contributed by atoms with E-state index in [4.69, 9.17) is 0 Å². The van der Waals surface area contributed by atoms with Gasteiger partial charge in [0.2, 0.25) is 0 Å². The van der Waals surface area contributed by atoms with Gasteiger partial charge >= 0.3 is 0 Å². The number of rotatable bonds is 4. The Morgan fingerprint density at radius 2 is 1.37 bits per heavy atom. The highest BCUT2D eigenvalue weighted by Crippen LogP contribution is 2.70. The summed E-state index contributed by atoms with van der Waals surface area (Å²) in [5, 5.41) is 0. The molecule has 0 aliphatic heterocycles. The van der Waals surface area contributed by atoms with Crippen LogP contribution >= 0.6 is 0 Å². The van der Waals surface area contributed by atoms with Crippen molar-refractivity contribution in [3.63, 3.8) is 0 Å². The van der Waals surface area contributed by atoms with Crippen LogP contribution in [0.5, 0.6) is 0 Å². The van der Waals surface area contributed by atoms with Crippen LogP contribution in [0.25, 0.3) is 33.4 Å². The van der Waals surface area contributed by atoms with Crippen LogP contribution < -0.4 is 0 Å². The molecule has 7 unspecified atom stereocenters. The minimum atomic E-state index is 0.0991. The zero-order chi connectivity index (χ0) is 33.1. The summed E-state index contributed by atoms with van der Waals surface area (Å²) in [4.78, 5) is 0. The molecule has 1 saturated carbocycles. The van der Waals surface area contributed by atoms with Gasteiger partial charge in [-0.2, -0.15) is 0 Å². The van der Waals surface area contributed by atoms with Crippen molar-refractivity contribution in [3.05, 3.63) is 167 Å². The average Bonchev–Trinajstić information content (AvgIpc) is 3.77. The van der Waals surface area contributed by atoms with Crippen LogP contribution in [-0.2, 0) is 5.41 Å². The Bertz CT molecular complexity index is 2150. The predicted octanol–water partition coefficient (Wildman–Crippen LogP) is 12.5. The summed E-state index contributed by atoms with van der Waals surface area (Å²) in [6.45, 7) is 10.1. The second kappa shape index (κ2) is 10.5. The van der Waals surface area contributed by atoms with Crippen LogP contribution in [0.15, 0.2) is 156 Å². The van der Waals surface area contributed by atoms with Gasteiger partial charge in [-0.05, 0) is 115 Å². The fourth-order valence-corrected chi connectivity index (χ4v) is 11.3. The zero-order valence-corrected chi connectivity index (χ0v) is 29.2. The molecule has 49 heavy (non-hydrogen) atoms. The first kappa shape index (κ1) is 29.5. The lowest BCUT2D eigenvalue weighted by molar-refractivity contribution is 0.269. The standard InChI is InChI=1S/C49H46/c1-48(2)42-18-12-11-17-36(42)37-24-21-34(29-43(37)48)45-40-26-25-39-38-23-20-33(28-44(38)49(3,4)47(39)46(40)45)41-27-32(30-13-7-5-8-14-30)19-22-35(41)31-15-9-6-10-16-31/h5-11,13-17,19-29,37,39-40,43,45-47H,12,18H2,1-4H3. The molecule has 0 bridgehead atoms. The van der Waals surface area contributed by atoms with Crippen LogP contribution in [0.2, 0.25) is 0 Å². The molecule has 4 aromatic carbocycles. The SMILES string of the molecule is CC1(C)C2=C(C=CCC2)C2C=CC(C3C4C=CC5c6ccc(-c7cc(-c8ccccc8)ccc7-c7ccccc7)cc6C(C)(C)C5C43)=CC21. The molecule has 10 rings (SSSR count). The minimum Gasteiger partial charge on any atom is -0.0839 e. The third-order valence-electron chi connectivity index (χ3n) is 13.8. The van der Waals surface area contributed by atoms with Gasteiger partial charge in [0.15, 0.2) is 0 Å². The molecule has 242 valence electrons. The molecule has 4 aromatic rings. The number of hydrogen-bond acceptors (Lipinski definition) is 0. The lowest BCUT2D eigenvalue weighted by atomic mass is 9.69. The van der Waals surface area contributed by atoms with Crippen molar-refractivity contribution in [1.29, 1.82) is 0 Å². The van der Waals surface area contributed by atoms with Gasteiger partial charge in [0.05, 0.1) is 0 Å². The van der Waals surface area contributed by atoms with Gasteiger partial charge in [-0.25, -0.2) is 0 Å². The Morgan fingerprint density at radius 3 is 2.16 bits per heavy atom. The van der Waals surface area contributed by atoms with Crippen LogP contribution in [0.4, 0.5) is 0 Å². The van der Waals surface area contributed by atoms with Crippen LogP contribution in [0, 0.1) is 40.9 Å². The van der Waals surface area contributed by atoms with E-state index >= 15 is 0 Å². The first-order valence-corrected chi connectivity index (χ1v) is 18.7. The van der Waals surface area contributed by atoms with Gasteiger partial charge in [0.25, 0.3) is 0 Å². The van der Waals surface area contributed by atoms with Crippen molar-refractivity contribution < 1.29 is 0 Å². The quantitative estimate of drug-likeness (QED) is 0.196. The Morgan fingerprint density at radius 1 is 0.612 bits per heavy atom. The fourth-order valence-electron chi connectivity index (χ4n) is 11.3. The largest absolute Gasteiger partial charge is 0.0839 e. The Hall–Kier alpha value is -4.42. The number of allylic oxidation sites excluding steroid dienone is 10. The lowest BCUT2D eigenvalue weighted by Crippen LogP contribution is -2.29. The molecule has 0 amide bonds. The maximum Gasteiger partial charge on any atom is 0.00921 e. The maximum absolute atomic E-state index is 2.74. The van der Waals surface area contributed by atoms with Crippen molar-refractivity contribution in [2.75, 3.05) is 0 Å². The highest BCUT2D eigenvalue weighted by molar-refractivity contribution is 5.87. The topological polar surface area (TPSA) is 0 Å². The molecule has 6 aliphatic carbocycles. The van der Waals surface area contributed by atoms with E-state index in [0.717, 1.165) is 0 Å². The van der Waals surface area contributed by atoms with E-state index in [0.29, 0.717) is 41.4 Å². The second-order valence-electron chi connectivity index (χ2n) is 16.8. The highest BCUT2D eigenvalue weighted by Gasteiger charge is 2.64. The van der Waals surface area contributed by atoms with Crippen LogP contribution in [0.3, 0.4) is 0 Å². The highest BCUT2D eigenvalue weighted by atomic mass is 14.7. The molecule has 0 radical (unpaired) electrons. The van der Waals surface area contributed by atoms with Crippen LogP contribution in [-0.4, -0.2) is 0 Å².